The molecular formula is C14H14FN5. The largest absolute Gasteiger partial charge is 0.382 e. The van der Waals surface area contributed by atoms with Gasteiger partial charge in [0, 0.05) is 6.54 Å². The van der Waals surface area contributed by atoms with Gasteiger partial charge in [-0.15, -0.1) is 5.10 Å². The summed E-state index contributed by atoms with van der Waals surface area (Å²) >= 11 is 0. The van der Waals surface area contributed by atoms with E-state index in [1.165, 1.54) is 29.7 Å². The maximum Gasteiger partial charge on any atom is 0.168 e. The summed E-state index contributed by atoms with van der Waals surface area (Å²) < 4.78 is 14.7. The van der Waals surface area contributed by atoms with Crippen molar-refractivity contribution in [3.8, 4) is 11.8 Å². The van der Waals surface area contributed by atoms with Crippen molar-refractivity contribution >= 4 is 11.6 Å². The standard InChI is InChI=1S/C14H14FN5/c15-10-2-1-3-11(6-10)20-13(17)12(7-16)14(19-20)18-8-9-4-5-9/h1-3,6,9H,4-5,8,17H2,(H,18,19). The molecule has 2 aromatic rings. The lowest BCUT2D eigenvalue weighted by Crippen LogP contribution is -2.05. The quantitative estimate of drug-likeness (QED) is 0.894. The van der Waals surface area contributed by atoms with Crippen LogP contribution >= 0.6 is 0 Å². The number of rotatable bonds is 4. The summed E-state index contributed by atoms with van der Waals surface area (Å²) in [6.07, 6.45) is 2.41. The summed E-state index contributed by atoms with van der Waals surface area (Å²) in [4.78, 5) is 0. The van der Waals surface area contributed by atoms with Gasteiger partial charge < -0.3 is 11.1 Å². The van der Waals surface area contributed by atoms with Crippen LogP contribution in [0.5, 0.6) is 0 Å². The van der Waals surface area contributed by atoms with Gasteiger partial charge in [0.1, 0.15) is 23.3 Å². The molecule has 20 heavy (non-hydrogen) atoms. The molecule has 3 rings (SSSR count). The SMILES string of the molecule is N#Cc1c(NCC2CC2)nn(-c2cccc(F)c2)c1N. The first-order chi connectivity index (χ1) is 9.69. The molecule has 1 aliphatic carbocycles. The average molecular weight is 271 g/mol. The van der Waals surface area contributed by atoms with Gasteiger partial charge in [0.05, 0.1) is 5.69 Å². The van der Waals surface area contributed by atoms with E-state index in [0.29, 0.717) is 23.0 Å². The second kappa shape index (κ2) is 4.85. The molecule has 3 N–H and O–H groups in total. The number of hydrogen-bond acceptors (Lipinski definition) is 4. The van der Waals surface area contributed by atoms with E-state index in [9.17, 15) is 9.65 Å². The highest BCUT2D eigenvalue weighted by molar-refractivity contribution is 5.66. The molecule has 5 nitrogen and oxygen atoms in total. The number of nitrogens with two attached hydrogens (primary N) is 1. The summed E-state index contributed by atoms with van der Waals surface area (Å²) in [5.41, 5.74) is 6.73. The van der Waals surface area contributed by atoms with Gasteiger partial charge in [0.15, 0.2) is 5.82 Å². The Bertz CT molecular complexity index is 681. The molecule has 0 aliphatic heterocycles. The number of nitriles is 1. The Morgan fingerprint density at radius 2 is 2.30 bits per heavy atom. The zero-order valence-electron chi connectivity index (χ0n) is 10.8. The zero-order chi connectivity index (χ0) is 14.1. The van der Waals surface area contributed by atoms with Crippen LogP contribution in [0.2, 0.25) is 0 Å². The first-order valence-corrected chi connectivity index (χ1v) is 6.47. The Morgan fingerprint density at radius 3 is 2.95 bits per heavy atom. The summed E-state index contributed by atoms with van der Waals surface area (Å²) in [6, 6.07) is 8.00. The van der Waals surface area contributed by atoms with Gasteiger partial charge in [-0.3, -0.25) is 0 Å². The van der Waals surface area contributed by atoms with E-state index < -0.39 is 0 Å². The van der Waals surface area contributed by atoms with Crippen LogP contribution in [0, 0.1) is 23.1 Å². The fourth-order valence-electron chi connectivity index (χ4n) is 2.03. The lowest BCUT2D eigenvalue weighted by molar-refractivity contribution is 0.625. The third kappa shape index (κ3) is 2.30. The molecule has 0 atom stereocenters. The molecule has 0 spiro atoms. The Morgan fingerprint density at radius 1 is 1.50 bits per heavy atom. The number of benzene rings is 1. The third-order valence-electron chi connectivity index (χ3n) is 3.34. The normalized spacial score (nSPS) is 14.0. The minimum atomic E-state index is -0.372. The smallest absolute Gasteiger partial charge is 0.168 e. The molecule has 1 aromatic carbocycles. The molecule has 0 amide bonds. The second-order valence-electron chi connectivity index (χ2n) is 4.94. The number of nitrogen functional groups attached to an aromatic ring is 1. The molecule has 0 radical (unpaired) electrons. The Balaban J connectivity index is 1.96. The molecule has 1 aliphatic rings. The first-order valence-electron chi connectivity index (χ1n) is 6.47. The molecule has 1 saturated carbocycles. The Labute approximate surface area is 115 Å². The highest BCUT2D eigenvalue weighted by atomic mass is 19.1. The van der Waals surface area contributed by atoms with E-state index in [1.807, 2.05) is 6.07 Å². The van der Waals surface area contributed by atoms with Gasteiger partial charge in [-0.05, 0) is 37.0 Å². The van der Waals surface area contributed by atoms with Crippen molar-refractivity contribution in [1.82, 2.24) is 9.78 Å². The molecule has 0 unspecified atom stereocenters. The van der Waals surface area contributed by atoms with Crippen LogP contribution in [0.15, 0.2) is 24.3 Å². The molecule has 0 saturated heterocycles. The van der Waals surface area contributed by atoms with Gasteiger partial charge in [-0.2, -0.15) is 5.26 Å². The van der Waals surface area contributed by atoms with Crippen LogP contribution in [0.4, 0.5) is 16.0 Å². The fraction of sp³-hybridized carbons (Fsp3) is 0.286. The minimum Gasteiger partial charge on any atom is -0.382 e. The van der Waals surface area contributed by atoms with E-state index in [-0.39, 0.29) is 11.6 Å². The molecule has 102 valence electrons. The highest BCUT2D eigenvalue weighted by Gasteiger charge is 2.23. The Kier molecular flexibility index (Phi) is 3.03. The molecule has 1 fully saturated rings. The summed E-state index contributed by atoms with van der Waals surface area (Å²) in [7, 11) is 0. The first kappa shape index (κ1) is 12.5. The van der Waals surface area contributed by atoms with Gasteiger partial charge >= 0.3 is 0 Å². The van der Waals surface area contributed by atoms with Crippen LogP contribution in [-0.2, 0) is 0 Å². The number of aromatic nitrogens is 2. The minimum absolute atomic E-state index is 0.219. The van der Waals surface area contributed by atoms with E-state index in [1.54, 1.807) is 12.1 Å². The lowest BCUT2D eigenvalue weighted by atomic mass is 10.3. The van der Waals surface area contributed by atoms with Crippen LogP contribution in [0.1, 0.15) is 18.4 Å². The molecule has 1 aromatic heterocycles. The summed E-state index contributed by atoms with van der Waals surface area (Å²) in [5.74, 6) is 0.961. The van der Waals surface area contributed by atoms with Crippen LogP contribution in [0.25, 0.3) is 5.69 Å². The van der Waals surface area contributed by atoms with Crippen molar-refractivity contribution in [3.05, 3.63) is 35.6 Å². The third-order valence-corrected chi connectivity index (χ3v) is 3.34. The van der Waals surface area contributed by atoms with Crippen molar-refractivity contribution in [2.45, 2.75) is 12.8 Å². The van der Waals surface area contributed by atoms with Crippen molar-refractivity contribution in [2.24, 2.45) is 5.92 Å². The van der Waals surface area contributed by atoms with Gasteiger partial charge in [-0.1, -0.05) is 6.07 Å². The van der Waals surface area contributed by atoms with Crippen molar-refractivity contribution < 1.29 is 4.39 Å². The summed E-state index contributed by atoms with van der Waals surface area (Å²) in [6.45, 7) is 0.786. The molecular weight excluding hydrogens is 257 g/mol. The predicted octanol–water partition coefficient (Wildman–Crippen LogP) is 2.29. The van der Waals surface area contributed by atoms with E-state index in [2.05, 4.69) is 10.4 Å². The monoisotopic (exact) mass is 271 g/mol. The van der Waals surface area contributed by atoms with E-state index >= 15 is 0 Å². The predicted molar refractivity (Wildman–Crippen MR) is 73.9 cm³/mol. The van der Waals surface area contributed by atoms with Crippen molar-refractivity contribution in [2.75, 3.05) is 17.6 Å². The van der Waals surface area contributed by atoms with Crippen LogP contribution in [0.3, 0.4) is 0 Å². The van der Waals surface area contributed by atoms with Gasteiger partial charge in [-0.25, -0.2) is 9.07 Å². The molecule has 0 bridgehead atoms. The zero-order valence-corrected chi connectivity index (χ0v) is 10.8. The molecule has 1 heterocycles. The number of nitrogens with one attached hydrogen (secondary N) is 1. The topological polar surface area (TPSA) is 79.7 Å². The van der Waals surface area contributed by atoms with Crippen LogP contribution < -0.4 is 11.1 Å². The van der Waals surface area contributed by atoms with Crippen molar-refractivity contribution in [3.63, 3.8) is 0 Å². The Hall–Kier alpha value is -2.55. The maximum absolute atomic E-state index is 13.3. The number of anilines is 2. The maximum atomic E-state index is 13.3. The van der Waals surface area contributed by atoms with Crippen molar-refractivity contribution in [1.29, 1.82) is 5.26 Å². The van der Waals surface area contributed by atoms with Crippen LogP contribution in [-0.4, -0.2) is 16.3 Å². The number of hydrogen-bond donors (Lipinski definition) is 2. The molecule has 6 heteroatoms. The average Bonchev–Trinajstić information content (AvgIpc) is 3.20. The van der Waals surface area contributed by atoms with Gasteiger partial charge in [0.25, 0.3) is 0 Å². The van der Waals surface area contributed by atoms with E-state index in [4.69, 9.17) is 5.73 Å². The van der Waals surface area contributed by atoms with E-state index in [0.717, 1.165) is 6.54 Å². The summed E-state index contributed by atoms with van der Waals surface area (Å²) in [5, 5.41) is 16.6. The lowest BCUT2D eigenvalue weighted by Gasteiger charge is -2.03. The second-order valence-corrected chi connectivity index (χ2v) is 4.94. The number of halogens is 1. The highest BCUT2D eigenvalue weighted by Crippen LogP contribution is 2.30. The fourth-order valence-corrected chi connectivity index (χ4v) is 2.03. The number of nitrogens with zero attached hydrogens (tertiary/aromatic N) is 3. The van der Waals surface area contributed by atoms with Gasteiger partial charge in [0.2, 0.25) is 0 Å².